The van der Waals surface area contributed by atoms with Crippen LogP contribution >= 0.6 is 12.2 Å². The van der Waals surface area contributed by atoms with E-state index in [1.807, 2.05) is 18.7 Å². The number of rotatable bonds is 4. The number of hydrogen-bond acceptors (Lipinski definition) is 3. The lowest BCUT2D eigenvalue weighted by molar-refractivity contribution is 0.742. The molecule has 0 fully saturated rings. The molecule has 2 N–H and O–H groups in total. The molecule has 0 aliphatic carbocycles. The van der Waals surface area contributed by atoms with Gasteiger partial charge in [0.25, 0.3) is 0 Å². The quantitative estimate of drug-likeness (QED) is 0.879. The summed E-state index contributed by atoms with van der Waals surface area (Å²) >= 11 is 5.19. The summed E-state index contributed by atoms with van der Waals surface area (Å²) in [7, 11) is 1.92. The Kier molecular flexibility index (Phi) is 4.09. The van der Waals surface area contributed by atoms with E-state index in [9.17, 15) is 0 Å². The SMILES string of the molecule is CCN(c1ccc(C)cc1)c1c(C(N)=S)c(C)nn1C. The van der Waals surface area contributed by atoms with Crippen molar-refractivity contribution in [3.05, 3.63) is 41.1 Å². The van der Waals surface area contributed by atoms with Crippen molar-refractivity contribution in [2.45, 2.75) is 20.8 Å². The van der Waals surface area contributed by atoms with Crippen LogP contribution in [-0.2, 0) is 7.05 Å². The van der Waals surface area contributed by atoms with Crippen molar-refractivity contribution >= 4 is 28.7 Å². The van der Waals surface area contributed by atoms with Crippen LogP contribution in [0.25, 0.3) is 0 Å². The van der Waals surface area contributed by atoms with Gasteiger partial charge in [-0.2, -0.15) is 5.10 Å². The normalized spacial score (nSPS) is 10.6. The molecular weight excluding hydrogens is 268 g/mol. The van der Waals surface area contributed by atoms with Crippen LogP contribution in [-0.4, -0.2) is 21.3 Å². The second kappa shape index (κ2) is 5.63. The third kappa shape index (κ3) is 2.54. The van der Waals surface area contributed by atoms with E-state index in [0.717, 1.165) is 29.3 Å². The Morgan fingerprint density at radius 3 is 2.40 bits per heavy atom. The Bertz CT molecular complexity index is 628. The minimum absolute atomic E-state index is 0.385. The maximum atomic E-state index is 5.87. The van der Waals surface area contributed by atoms with Gasteiger partial charge in [0.1, 0.15) is 10.8 Å². The highest BCUT2D eigenvalue weighted by Gasteiger charge is 2.21. The molecule has 0 atom stereocenters. The zero-order chi connectivity index (χ0) is 14.9. The smallest absolute Gasteiger partial charge is 0.141 e. The average Bonchev–Trinajstić information content (AvgIpc) is 2.68. The third-order valence-electron chi connectivity index (χ3n) is 3.36. The van der Waals surface area contributed by atoms with E-state index in [1.165, 1.54) is 5.56 Å². The van der Waals surface area contributed by atoms with Gasteiger partial charge in [-0.25, -0.2) is 0 Å². The molecule has 0 aliphatic rings. The zero-order valence-electron chi connectivity index (χ0n) is 12.3. The average molecular weight is 288 g/mol. The molecule has 1 aromatic carbocycles. The number of nitrogens with zero attached hydrogens (tertiary/aromatic N) is 3. The summed E-state index contributed by atoms with van der Waals surface area (Å²) < 4.78 is 1.84. The lowest BCUT2D eigenvalue weighted by atomic mass is 10.2. The maximum absolute atomic E-state index is 5.87. The summed E-state index contributed by atoms with van der Waals surface area (Å²) in [6, 6.07) is 8.40. The molecular formula is C15H20N4S. The molecule has 0 bridgehead atoms. The van der Waals surface area contributed by atoms with Gasteiger partial charge in [0, 0.05) is 19.3 Å². The Morgan fingerprint density at radius 1 is 1.30 bits per heavy atom. The van der Waals surface area contributed by atoms with Gasteiger partial charge in [0.2, 0.25) is 0 Å². The van der Waals surface area contributed by atoms with Gasteiger partial charge in [-0.1, -0.05) is 29.9 Å². The molecule has 4 nitrogen and oxygen atoms in total. The molecule has 1 heterocycles. The number of anilines is 2. The molecule has 0 aliphatic heterocycles. The minimum Gasteiger partial charge on any atom is -0.389 e. The van der Waals surface area contributed by atoms with E-state index < -0.39 is 0 Å². The molecule has 0 radical (unpaired) electrons. The van der Waals surface area contributed by atoms with Crippen LogP contribution in [0.5, 0.6) is 0 Å². The van der Waals surface area contributed by atoms with Gasteiger partial charge in [-0.05, 0) is 32.9 Å². The monoisotopic (exact) mass is 288 g/mol. The van der Waals surface area contributed by atoms with E-state index in [2.05, 4.69) is 48.1 Å². The van der Waals surface area contributed by atoms with E-state index in [1.54, 1.807) is 0 Å². The van der Waals surface area contributed by atoms with Gasteiger partial charge in [0.15, 0.2) is 0 Å². The first-order chi connectivity index (χ1) is 9.45. The van der Waals surface area contributed by atoms with Crippen LogP contribution in [0.1, 0.15) is 23.7 Å². The standard InChI is InChI=1S/C15H20N4S/c1-5-19(12-8-6-10(2)7-9-12)15-13(14(16)20)11(3)17-18(15)4/h6-9H,5H2,1-4H3,(H2,16,20). The molecule has 0 saturated heterocycles. The highest BCUT2D eigenvalue weighted by atomic mass is 32.1. The lowest BCUT2D eigenvalue weighted by Gasteiger charge is -2.24. The number of aryl methyl sites for hydroxylation is 3. The van der Waals surface area contributed by atoms with Crippen LogP contribution < -0.4 is 10.6 Å². The Morgan fingerprint density at radius 2 is 1.90 bits per heavy atom. The van der Waals surface area contributed by atoms with Crippen molar-refractivity contribution in [3.8, 4) is 0 Å². The number of hydrogen-bond donors (Lipinski definition) is 1. The first-order valence-corrected chi connectivity index (χ1v) is 7.04. The van der Waals surface area contributed by atoms with E-state index in [4.69, 9.17) is 18.0 Å². The molecule has 0 spiro atoms. The summed E-state index contributed by atoms with van der Waals surface area (Å²) in [4.78, 5) is 2.56. The molecule has 5 heteroatoms. The summed E-state index contributed by atoms with van der Waals surface area (Å²) in [5.41, 5.74) is 9.93. The van der Waals surface area contributed by atoms with Crippen molar-refractivity contribution in [1.29, 1.82) is 0 Å². The largest absolute Gasteiger partial charge is 0.389 e. The molecule has 2 rings (SSSR count). The first kappa shape index (κ1) is 14.5. The number of nitrogens with two attached hydrogens (primary N) is 1. The zero-order valence-corrected chi connectivity index (χ0v) is 13.2. The van der Waals surface area contributed by atoms with E-state index in [0.29, 0.717) is 4.99 Å². The van der Waals surface area contributed by atoms with Crippen LogP contribution in [0.4, 0.5) is 11.5 Å². The molecule has 2 aromatic rings. The van der Waals surface area contributed by atoms with Crippen LogP contribution in [0.3, 0.4) is 0 Å². The van der Waals surface area contributed by atoms with Gasteiger partial charge in [0.05, 0.1) is 11.3 Å². The van der Waals surface area contributed by atoms with Crippen molar-refractivity contribution in [2.75, 3.05) is 11.4 Å². The lowest BCUT2D eigenvalue weighted by Crippen LogP contribution is -2.23. The Balaban J connectivity index is 2.57. The minimum atomic E-state index is 0.385. The van der Waals surface area contributed by atoms with Gasteiger partial charge in [-0.15, -0.1) is 0 Å². The fourth-order valence-electron chi connectivity index (χ4n) is 2.42. The molecule has 0 amide bonds. The predicted molar refractivity (Wildman–Crippen MR) is 87.7 cm³/mol. The van der Waals surface area contributed by atoms with Crippen LogP contribution in [0, 0.1) is 13.8 Å². The van der Waals surface area contributed by atoms with Crippen LogP contribution in [0.2, 0.25) is 0 Å². The van der Waals surface area contributed by atoms with Gasteiger partial charge >= 0.3 is 0 Å². The summed E-state index contributed by atoms with van der Waals surface area (Å²) in [5, 5.41) is 4.45. The van der Waals surface area contributed by atoms with Crippen molar-refractivity contribution in [3.63, 3.8) is 0 Å². The highest BCUT2D eigenvalue weighted by molar-refractivity contribution is 7.80. The third-order valence-corrected chi connectivity index (χ3v) is 3.56. The summed E-state index contributed by atoms with van der Waals surface area (Å²) in [6.45, 7) is 6.93. The molecule has 0 saturated carbocycles. The van der Waals surface area contributed by atoms with E-state index >= 15 is 0 Å². The van der Waals surface area contributed by atoms with Crippen molar-refractivity contribution in [2.24, 2.45) is 12.8 Å². The van der Waals surface area contributed by atoms with Gasteiger partial charge < -0.3 is 10.6 Å². The van der Waals surface area contributed by atoms with Gasteiger partial charge in [-0.3, -0.25) is 4.68 Å². The number of benzene rings is 1. The fourth-order valence-corrected chi connectivity index (χ4v) is 2.66. The number of thiocarbonyl (C=S) groups is 1. The topological polar surface area (TPSA) is 47.1 Å². The fraction of sp³-hybridized carbons (Fsp3) is 0.333. The van der Waals surface area contributed by atoms with Crippen LogP contribution in [0.15, 0.2) is 24.3 Å². The predicted octanol–water partition coefficient (Wildman–Crippen LogP) is 2.83. The maximum Gasteiger partial charge on any atom is 0.141 e. The second-order valence-corrected chi connectivity index (χ2v) is 5.29. The molecule has 1 aromatic heterocycles. The van der Waals surface area contributed by atoms with E-state index in [-0.39, 0.29) is 0 Å². The first-order valence-electron chi connectivity index (χ1n) is 6.63. The second-order valence-electron chi connectivity index (χ2n) is 4.85. The number of aromatic nitrogens is 2. The highest BCUT2D eigenvalue weighted by Crippen LogP contribution is 2.30. The Labute approximate surface area is 125 Å². The molecule has 20 heavy (non-hydrogen) atoms. The summed E-state index contributed by atoms with van der Waals surface area (Å²) in [5.74, 6) is 0.946. The van der Waals surface area contributed by atoms with Crippen molar-refractivity contribution in [1.82, 2.24) is 9.78 Å². The molecule has 106 valence electrons. The molecule has 0 unspecified atom stereocenters. The van der Waals surface area contributed by atoms with Crippen molar-refractivity contribution < 1.29 is 0 Å². The Hall–Kier alpha value is -1.88. The summed E-state index contributed by atoms with van der Waals surface area (Å²) in [6.07, 6.45) is 0.